The largest absolute Gasteiger partial charge is 0.493 e. The first kappa shape index (κ1) is 13.6. The molecule has 0 fully saturated rings. The third kappa shape index (κ3) is 3.14. The van der Waals surface area contributed by atoms with Crippen LogP contribution in [0.15, 0.2) is 36.4 Å². The van der Waals surface area contributed by atoms with Gasteiger partial charge in [-0.15, -0.1) is 0 Å². The number of nitrogens with two attached hydrogens (primary N) is 1. The van der Waals surface area contributed by atoms with Gasteiger partial charge in [0.15, 0.2) is 11.5 Å². The van der Waals surface area contributed by atoms with E-state index >= 15 is 0 Å². The number of anilines is 1. The molecule has 0 saturated heterocycles. The number of methoxy groups -OCH3 is 1. The average Bonchev–Trinajstić information content (AvgIpc) is 2.45. The lowest BCUT2D eigenvalue weighted by Gasteiger charge is -2.10. The number of benzene rings is 1. The van der Waals surface area contributed by atoms with E-state index < -0.39 is 4.92 Å². The van der Waals surface area contributed by atoms with Crippen molar-refractivity contribution in [3.05, 3.63) is 52.2 Å². The normalized spacial score (nSPS) is 10.1. The third-order valence-corrected chi connectivity index (χ3v) is 2.56. The second-order valence-electron chi connectivity index (χ2n) is 3.93. The molecule has 0 saturated carbocycles. The number of nitrogens with zero attached hydrogens (tertiary/aromatic N) is 2. The molecule has 2 N–H and O–H groups in total. The molecule has 0 amide bonds. The molecule has 0 unspecified atom stereocenters. The molecule has 0 aliphatic rings. The van der Waals surface area contributed by atoms with Crippen molar-refractivity contribution in [3.8, 4) is 11.5 Å². The van der Waals surface area contributed by atoms with Gasteiger partial charge in [-0.3, -0.25) is 10.1 Å². The molecule has 1 aromatic carbocycles. The Balaban J connectivity index is 2.15. The molecular weight excluding hydrogens is 262 g/mol. The van der Waals surface area contributed by atoms with Crippen LogP contribution < -0.4 is 15.2 Å². The van der Waals surface area contributed by atoms with Gasteiger partial charge in [0.05, 0.1) is 23.8 Å². The van der Waals surface area contributed by atoms with Crippen molar-refractivity contribution in [1.29, 1.82) is 0 Å². The second-order valence-corrected chi connectivity index (χ2v) is 3.93. The molecule has 7 heteroatoms. The molecule has 2 rings (SSSR count). The van der Waals surface area contributed by atoms with Crippen molar-refractivity contribution in [3.63, 3.8) is 0 Å². The predicted molar refractivity (Wildman–Crippen MR) is 72.6 cm³/mol. The highest BCUT2D eigenvalue weighted by molar-refractivity contribution is 5.48. The Labute approximate surface area is 115 Å². The van der Waals surface area contributed by atoms with Crippen LogP contribution in [0.25, 0.3) is 0 Å². The van der Waals surface area contributed by atoms with Crippen LogP contribution in [0.4, 0.5) is 11.5 Å². The van der Waals surface area contributed by atoms with Crippen LogP contribution in [0.3, 0.4) is 0 Å². The van der Waals surface area contributed by atoms with E-state index in [4.69, 9.17) is 15.2 Å². The zero-order valence-corrected chi connectivity index (χ0v) is 10.8. The summed E-state index contributed by atoms with van der Waals surface area (Å²) in [5.41, 5.74) is 6.17. The number of nitro groups is 1. The van der Waals surface area contributed by atoms with Crippen LogP contribution in [-0.4, -0.2) is 17.0 Å². The Kier molecular flexibility index (Phi) is 3.99. The van der Waals surface area contributed by atoms with Crippen LogP contribution in [0.1, 0.15) is 5.69 Å². The molecule has 0 spiro atoms. The maximum atomic E-state index is 10.7. The Hall–Kier alpha value is -2.83. The summed E-state index contributed by atoms with van der Waals surface area (Å²) >= 11 is 0. The molecule has 0 bridgehead atoms. The Morgan fingerprint density at radius 1 is 1.30 bits per heavy atom. The van der Waals surface area contributed by atoms with Crippen LogP contribution >= 0.6 is 0 Å². The lowest BCUT2D eigenvalue weighted by molar-refractivity contribution is -0.385. The van der Waals surface area contributed by atoms with Crippen LogP contribution in [-0.2, 0) is 6.61 Å². The van der Waals surface area contributed by atoms with E-state index in [2.05, 4.69) is 4.98 Å². The molecule has 0 aliphatic heterocycles. The first-order chi connectivity index (χ1) is 9.60. The highest BCUT2D eigenvalue weighted by Gasteiger charge is 2.12. The van der Waals surface area contributed by atoms with Crippen molar-refractivity contribution in [1.82, 2.24) is 4.98 Å². The molecular formula is C13H13N3O4. The van der Waals surface area contributed by atoms with Crippen LogP contribution in [0.5, 0.6) is 11.5 Å². The minimum atomic E-state index is -0.494. The molecule has 2 aromatic rings. The van der Waals surface area contributed by atoms with E-state index in [0.717, 1.165) is 0 Å². The number of aromatic nitrogens is 1. The summed E-state index contributed by atoms with van der Waals surface area (Å²) in [6.07, 6.45) is 0. The lowest BCUT2D eigenvalue weighted by Crippen LogP contribution is -2.02. The zero-order valence-electron chi connectivity index (χ0n) is 10.8. The zero-order chi connectivity index (χ0) is 14.5. The van der Waals surface area contributed by atoms with Gasteiger partial charge in [-0.1, -0.05) is 6.07 Å². The molecule has 104 valence electrons. The first-order valence-electron chi connectivity index (χ1n) is 5.77. The smallest absolute Gasteiger partial charge is 0.273 e. The Morgan fingerprint density at radius 3 is 2.75 bits per heavy atom. The van der Waals surface area contributed by atoms with E-state index in [9.17, 15) is 10.1 Å². The third-order valence-electron chi connectivity index (χ3n) is 2.56. The van der Waals surface area contributed by atoms with Crippen molar-refractivity contribution in [2.24, 2.45) is 0 Å². The van der Waals surface area contributed by atoms with Gasteiger partial charge in [0.2, 0.25) is 0 Å². The maximum absolute atomic E-state index is 10.7. The van der Waals surface area contributed by atoms with E-state index in [1.807, 2.05) is 0 Å². The summed E-state index contributed by atoms with van der Waals surface area (Å²) in [6.45, 7) is 0.194. The number of rotatable bonds is 5. The van der Waals surface area contributed by atoms with Gasteiger partial charge < -0.3 is 15.2 Å². The predicted octanol–water partition coefficient (Wildman–Crippen LogP) is 2.16. The number of nitrogen functional groups attached to an aromatic ring is 1. The molecule has 0 atom stereocenters. The first-order valence-corrected chi connectivity index (χ1v) is 5.77. The number of hydrogen-bond acceptors (Lipinski definition) is 6. The molecule has 20 heavy (non-hydrogen) atoms. The van der Waals surface area contributed by atoms with Crippen molar-refractivity contribution >= 4 is 11.5 Å². The van der Waals surface area contributed by atoms with E-state index in [-0.39, 0.29) is 12.3 Å². The standard InChI is InChI=1S/C13H13N3O4/c1-19-12-7-10(16(17)18)5-6-11(12)20-8-9-3-2-4-13(14)15-9/h2-7H,8H2,1H3,(H2,14,15). The number of hydrogen-bond donors (Lipinski definition) is 1. The summed E-state index contributed by atoms with van der Waals surface area (Å²) < 4.78 is 10.6. The monoisotopic (exact) mass is 275 g/mol. The second kappa shape index (κ2) is 5.87. The number of non-ortho nitro benzene ring substituents is 1. The SMILES string of the molecule is COc1cc([N+](=O)[O-])ccc1OCc1cccc(N)n1. The quantitative estimate of drug-likeness (QED) is 0.662. The van der Waals surface area contributed by atoms with Crippen LogP contribution in [0, 0.1) is 10.1 Å². The van der Waals surface area contributed by atoms with Gasteiger partial charge in [-0.25, -0.2) is 4.98 Å². The minimum Gasteiger partial charge on any atom is -0.493 e. The summed E-state index contributed by atoms with van der Waals surface area (Å²) in [7, 11) is 1.42. The fourth-order valence-electron chi connectivity index (χ4n) is 1.62. The summed E-state index contributed by atoms with van der Waals surface area (Å²) in [5, 5.41) is 10.7. The minimum absolute atomic E-state index is 0.0590. The Bertz CT molecular complexity index is 631. The summed E-state index contributed by atoms with van der Waals surface area (Å²) in [4.78, 5) is 14.3. The highest BCUT2D eigenvalue weighted by atomic mass is 16.6. The van der Waals surface area contributed by atoms with Gasteiger partial charge in [0.25, 0.3) is 5.69 Å². The van der Waals surface area contributed by atoms with Gasteiger partial charge in [0, 0.05) is 6.07 Å². The molecule has 0 aliphatic carbocycles. The van der Waals surface area contributed by atoms with Crippen molar-refractivity contribution < 1.29 is 14.4 Å². The number of pyridine rings is 1. The van der Waals surface area contributed by atoms with Crippen molar-refractivity contribution in [2.75, 3.05) is 12.8 Å². The van der Waals surface area contributed by atoms with Gasteiger partial charge in [0.1, 0.15) is 12.4 Å². The highest BCUT2D eigenvalue weighted by Crippen LogP contribution is 2.31. The molecule has 1 heterocycles. The fraction of sp³-hybridized carbons (Fsp3) is 0.154. The summed E-state index contributed by atoms with van der Waals surface area (Å²) in [5.74, 6) is 1.10. The fourth-order valence-corrected chi connectivity index (χ4v) is 1.62. The van der Waals surface area contributed by atoms with Crippen molar-refractivity contribution in [2.45, 2.75) is 6.61 Å². The number of nitro benzene ring substituents is 1. The number of ether oxygens (including phenoxy) is 2. The lowest BCUT2D eigenvalue weighted by atomic mass is 10.3. The summed E-state index contributed by atoms with van der Waals surface area (Å²) in [6, 6.07) is 9.37. The topological polar surface area (TPSA) is 101 Å². The van der Waals surface area contributed by atoms with Gasteiger partial charge >= 0.3 is 0 Å². The molecule has 7 nitrogen and oxygen atoms in total. The Morgan fingerprint density at radius 2 is 2.10 bits per heavy atom. The van der Waals surface area contributed by atoms with E-state index in [1.54, 1.807) is 18.2 Å². The van der Waals surface area contributed by atoms with Gasteiger partial charge in [-0.2, -0.15) is 0 Å². The molecule has 1 aromatic heterocycles. The van der Waals surface area contributed by atoms with E-state index in [0.29, 0.717) is 23.0 Å². The maximum Gasteiger partial charge on any atom is 0.273 e. The molecule has 0 radical (unpaired) electrons. The van der Waals surface area contributed by atoms with Gasteiger partial charge in [-0.05, 0) is 18.2 Å². The van der Waals surface area contributed by atoms with E-state index in [1.165, 1.54) is 25.3 Å². The van der Waals surface area contributed by atoms with Crippen LogP contribution in [0.2, 0.25) is 0 Å². The average molecular weight is 275 g/mol.